The van der Waals surface area contributed by atoms with Crippen molar-refractivity contribution in [3.63, 3.8) is 0 Å². The van der Waals surface area contributed by atoms with Crippen LogP contribution in [0.2, 0.25) is 5.15 Å². The Hall–Kier alpha value is -1.45. The van der Waals surface area contributed by atoms with Crippen molar-refractivity contribution in [2.75, 3.05) is 0 Å². The fourth-order valence-corrected chi connectivity index (χ4v) is 2.86. The molecule has 2 nitrogen and oxygen atoms in total. The molecule has 3 rings (SSSR count). The molecule has 0 aliphatic rings. The number of fused-ring (bicyclic) bond motifs is 1. The van der Waals surface area contributed by atoms with Gasteiger partial charge in [0.25, 0.3) is 0 Å². The second kappa shape index (κ2) is 5.15. The van der Waals surface area contributed by atoms with E-state index in [-0.39, 0.29) is 0 Å². The summed E-state index contributed by atoms with van der Waals surface area (Å²) in [6.07, 6.45) is 0. The van der Waals surface area contributed by atoms with Gasteiger partial charge in [0, 0.05) is 15.4 Å². The number of hydrogen-bond acceptors (Lipinski definition) is 2. The third-order valence-corrected chi connectivity index (χ3v) is 4.19. The first-order chi connectivity index (χ1) is 9.56. The molecule has 0 unspecified atom stereocenters. The highest BCUT2D eigenvalue weighted by molar-refractivity contribution is 9.10. The summed E-state index contributed by atoms with van der Waals surface area (Å²) < 4.78 is 0.922. The van der Waals surface area contributed by atoms with E-state index in [1.807, 2.05) is 18.2 Å². The predicted octanol–water partition coefficient (Wildman–Crippen LogP) is 5.33. The van der Waals surface area contributed by atoms with Crippen molar-refractivity contribution < 1.29 is 0 Å². The Morgan fingerprint density at radius 2 is 1.85 bits per heavy atom. The highest BCUT2D eigenvalue weighted by Crippen LogP contribution is 2.30. The quantitative estimate of drug-likeness (QED) is 0.556. The maximum atomic E-state index is 6.30. The first-order valence-electron chi connectivity index (χ1n) is 6.25. The fourth-order valence-electron chi connectivity index (χ4n) is 2.18. The van der Waals surface area contributed by atoms with Crippen LogP contribution in [0.1, 0.15) is 11.1 Å². The molecule has 0 radical (unpaired) electrons. The zero-order valence-electron chi connectivity index (χ0n) is 11.1. The van der Waals surface area contributed by atoms with Crippen LogP contribution in [0.15, 0.2) is 40.9 Å². The van der Waals surface area contributed by atoms with Gasteiger partial charge in [-0.25, -0.2) is 9.97 Å². The number of aromatic nitrogens is 2. The second-order valence-corrected chi connectivity index (χ2v) is 6.00. The summed E-state index contributed by atoms with van der Waals surface area (Å²) in [6.45, 7) is 4.11. The van der Waals surface area contributed by atoms with Crippen LogP contribution in [-0.2, 0) is 0 Å². The standard InChI is InChI=1S/C16H12BrClN2/c1-9-6-7-10(2)12(8-9)16-19-14-11(15(18)20-16)4-3-5-13(14)17/h3-8H,1-2H3. The van der Waals surface area contributed by atoms with E-state index in [2.05, 4.69) is 57.9 Å². The molecule has 0 atom stereocenters. The molecule has 0 spiro atoms. The van der Waals surface area contributed by atoms with Gasteiger partial charge in [0.05, 0.1) is 5.52 Å². The van der Waals surface area contributed by atoms with Crippen molar-refractivity contribution in [1.29, 1.82) is 0 Å². The van der Waals surface area contributed by atoms with E-state index in [1.165, 1.54) is 5.56 Å². The lowest BCUT2D eigenvalue weighted by Gasteiger charge is -2.09. The van der Waals surface area contributed by atoms with Gasteiger partial charge in [-0.05, 0) is 53.5 Å². The average Bonchev–Trinajstić information content (AvgIpc) is 2.42. The Morgan fingerprint density at radius 1 is 1.05 bits per heavy atom. The molecular weight excluding hydrogens is 336 g/mol. The lowest BCUT2D eigenvalue weighted by atomic mass is 10.0. The molecule has 0 fully saturated rings. The maximum absolute atomic E-state index is 6.30. The number of halogens is 2. The minimum Gasteiger partial charge on any atom is -0.227 e. The summed E-state index contributed by atoms with van der Waals surface area (Å²) in [5.74, 6) is 0.663. The van der Waals surface area contributed by atoms with Crippen molar-refractivity contribution in [2.24, 2.45) is 0 Å². The van der Waals surface area contributed by atoms with Gasteiger partial charge in [-0.15, -0.1) is 0 Å². The zero-order chi connectivity index (χ0) is 14.3. The molecule has 100 valence electrons. The first-order valence-corrected chi connectivity index (χ1v) is 7.43. The first kappa shape index (κ1) is 13.5. The normalized spacial score (nSPS) is 11.0. The summed E-state index contributed by atoms with van der Waals surface area (Å²) in [6, 6.07) is 12.1. The van der Waals surface area contributed by atoms with Crippen LogP contribution in [0.3, 0.4) is 0 Å². The molecule has 20 heavy (non-hydrogen) atoms. The average molecular weight is 348 g/mol. The molecule has 0 aliphatic carbocycles. The van der Waals surface area contributed by atoms with E-state index in [9.17, 15) is 0 Å². The van der Waals surface area contributed by atoms with E-state index in [0.29, 0.717) is 11.0 Å². The number of nitrogens with zero attached hydrogens (tertiary/aromatic N) is 2. The minimum absolute atomic E-state index is 0.479. The van der Waals surface area contributed by atoms with Crippen molar-refractivity contribution >= 4 is 38.4 Å². The highest BCUT2D eigenvalue weighted by Gasteiger charge is 2.11. The lowest BCUT2D eigenvalue weighted by molar-refractivity contribution is 1.21. The van der Waals surface area contributed by atoms with Gasteiger partial charge < -0.3 is 0 Å². The van der Waals surface area contributed by atoms with Crippen LogP contribution in [-0.4, -0.2) is 9.97 Å². The van der Waals surface area contributed by atoms with Crippen LogP contribution >= 0.6 is 27.5 Å². The molecule has 3 aromatic rings. The van der Waals surface area contributed by atoms with Crippen LogP contribution in [0.25, 0.3) is 22.3 Å². The molecule has 2 aromatic carbocycles. The SMILES string of the molecule is Cc1ccc(C)c(-c2nc(Cl)c3cccc(Br)c3n2)c1. The largest absolute Gasteiger partial charge is 0.227 e. The Balaban J connectivity index is 2.32. The van der Waals surface area contributed by atoms with Gasteiger partial charge in [-0.3, -0.25) is 0 Å². The molecule has 0 saturated carbocycles. The molecule has 0 amide bonds. The van der Waals surface area contributed by atoms with E-state index < -0.39 is 0 Å². The summed E-state index contributed by atoms with van der Waals surface area (Å²) >= 11 is 9.83. The Morgan fingerprint density at radius 3 is 2.65 bits per heavy atom. The van der Waals surface area contributed by atoms with Crippen LogP contribution < -0.4 is 0 Å². The molecule has 1 aromatic heterocycles. The Kier molecular flexibility index (Phi) is 3.48. The third kappa shape index (κ3) is 2.32. The summed E-state index contributed by atoms with van der Waals surface area (Å²) in [5.41, 5.74) is 4.17. The van der Waals surface area contributed by atoms with Gasteiger partial charge in [0.1, 0.15) is 5.15 Å². The fraction of sp³-hybridized carbons (Fsp3) is 0.125. The summed E-state index contributed by atoms with van der Waals surface area (Å²) in [5, 5.41) is 1.34. The summed E-state index contributed by atoms with van der Waals surface area (Å²) in [7, 11) is 0. The lowest BCUT2D eigenvalue weighted by Crippen LogP contribution is -1.95. The highest BCUT2D eigenvalue weighted by atomic mass is 79.9. The van der Waals surface area contributed by atoms with Crippen LogP contribution in [0, 0.1) is 13.8 Å². The Labute approximate surface area is 131 Å². The van der Waals surface area contributed by atoms with E-state index in [0.717, 1.165) is 26.5 Å². The number of benzene rings is 2. The molecule has 1 heterocycles. The predicted molar refractivity (Wildman–Crippen MR) is 87.2 cm³/mol. The van der Waals surface area contributed by atoms with Gasteiger partial charge in [-0.2, -0.15) is 0 Å². The molecule has 0 saturated heterocycles. The van der Waals surface area contributed by atoms with Crippen LogP contribution in [0.5, 0.6) is 0 Å². The van der Waals surface area contributed by atoms with Gasteiger partial charge in [-0.1, -0.05) is 35.4 Å². The van der Waals surface area contributed by atoms with Crippen LogP contribution in [0.4, 0.5) is 0 Å². The molecular formula is C16H12BrClN2. The zero-order valence-corrected chi connectivity index (χ0v) is 13.5. The van der Waals surface area contributed by atoms with E-state index in [4.69, 9.17) is 11.6 Å². The number of hydrogen-bond donors (Lipinski definition) is 0. The van der Waals surface area contributed by atoms with Gasteiger partial charge in [0.15, 0.2) is 5.82 Å². The molecule has 0 aliphatic heterocycles. The van der Waals surface area contributed by atoms with Crippen molar-refractivity contribution in [2.45, 2.75) is 13.8 Å². The molecule has 0 bridgehead atoms. The van der Waals surface area contributed by atoms with Crippen molar-refractivity contribution in [3.8, 4) is 11.4 Å². The van der Waals surface area contributed by atoms with Crippen molar-refractivity contribution in [3.05, 3.63) is 57.2 Å². The maximum Gasteiger partial charge on any atom is 0.161 e. The molecule has 4 heteroatoms. The molecule has 0 N–H and O–H groups in total. The Bertz CT molecular complexity index is 815. The monoisotopic (exact) mass is 346 g/mol. The van der Waals surface area contributed by atoms with Gasteiger partial charge >= 0.3 is 0 Å². The van der Waals surface area contributed by atoms with E-state index >= 15 is 0 Å². The van der Waals surface area contributed by atoms with E-state index in [1.54, 1.807) is 0 Å². The second-order valence-electron chi connectivity index (χ2n) is 4.79. The minimum atomic E-state index is 0.479. The van der Waals surface area contributed by atoms with Crippen molar-refractivity contribution in [1.82, 2.24) is 9.97 Å². The smallest absolute Gasteiger partial charge is 0.161 e. The third-order valence-electron chi connectivity index (χ3n) is 3.26. The van der Waals surface area contributed by atoms with Gasteiger partial charge in [0.2, 0.25) is 0 Å². The topological polar surface area (TPSA) is 25.8 Å². The summed E-state index contributed by atoms with van der Waals surface area (Å²) in [4.78, 5) is 9.11. The number of para-hydroxylation sites is 1. The number of aryl methyl sites for hydroxylation is 2. The number of rotatable bonds is 1.